The van der Waals surface area contributed by atoms with E-state index in [4.69, 9.17) is 5.11 Å². The first kappa shape index (κ1) is 14.0. The summed E-state index contributed by atoms with van der Waals surface area (Å²) in [6.07, 6.45) is 0. The zero-order valence-electron chi connectivity index (χ0n) is 9.34. The van der Waals surface area contributed by atoms with Gasteiger partial charge in [0.15, 0.2) is 0 Å². The van der Waals surface area contributed by atoms with Crippen LogP contribution >= 0.6 is 0 Å². The molecule has 0 spiro atoms. The average Bonchev–Trinajstić information content (AvgIpc) is 2.24. The third-order valence-electron chi connectivity index (χ3n) is 2.22. The van der Waals surface area contributed by atoms with Gasteiger partial charge in [0, 0.05) is 18.7 Å². The Bertz CT molecular complexity index is 467. The molecule has 1 rings (SSSR count). The summed E-state index contributed by atoms with van der Waals surface area (Å²) in [5.74, 6) is -7.00. The highest BCUT2D eigenvalue weighted by Gasteiger charge is 2.20. The largest absolute Gasteiger partial charge is 0.481 e. The van der Waals surface area contributed by atoms with Crippen LogP contribution in [-0.4, -0.2) is 23.5 Å². The summed E-state index contributed by atoms with van der Waals surface area (Å²) in [6, 6.07) is 0.747. The van der Waals surface area contributed by atoms with E-state index >= 15 is 0 Å². The number of benzene rings is 1. The molecule has 0 saturated heterocycles. The van der Waals surface area contributed by atoms with Crippen LogP contribution in [0, 0.1) is 23.4 Å². The van der Waals surface area contributed by atoms with Crippen LogP contribution in [0.15, 0.2) is 12.1 Å². The van der Waals surface area contributed by atoms with E-state index < -0.39 is 40.8 Å². The molecule has 0 bridgehead atoms. The number of aliphatic carboxylic acids is 1. The second-order valence-electron chi connectivity index (χ2n) is 3.69. The van der Waals surface area contributed by atoms with Gasteiger partial charge >= 0.3 is 5.97 Å². The van der Waals surface area contributed by atoms with Gasteiger partial charge in [-0.1, -0.05) is 6.92 Å². The number of carbonyl (C=O) groups is 2. The predicted molar refractivity (Wildman–Crippen MR) is 55.4 cm³/mol. The predicted octanol–water partition coefficient (Wildman–Crippen LogP) is 1.55. The van der Waals surface area contributed by atoms with Crippen molar-refractivity contribution in [1.29, 1.82) is 0 Å². The molecule has 18 heavy (non-hydrogen) atoms. The highest BCUT2D eigenvalue weighted by molar-refractivity contribution is 5.94. The van der Waals surface area contributed by atoms with Crippen LogP contribution in [0.25, 0.3) is 0 Å². The molecule has 0 aliphatic heterocycles. The second-order valence-corrected chi connectivity index (χ2v) is 3.69. The molecule has 1 unspecified atom stereocenters. The van der Waals surface area contributed by atoms with E-state index in [0.717, 1.165) is 0 Å². The number of carboxylic acids is 1. The number of hydrogen-bond donors (Lipinski definition) is 2. The van der Waals surface area contributed by atoms with Crippen LogP contribution in [0.1, 0.15) is 17.3 Å². The Morgan fingerprint density at radius 1 is 1.28 bits per heavy atom. The summed E-state index contributed by atoms with van der Waals surface area (Å²) in [6.45, 7) is 1.03. The lowest BCUT2D eigenvalue weighted by atomic mass is 10.1. The number of halogens is 3. The van der Waals surface area contributed by atoms with Crippen molar-refractivity contribution < 1.29 is 27.9 Å². The van der Waals surface area contributed by atoms with Crippen molar-refractivity contribution in [1.82, 2.24) is 5.32 Å². The smallest absolute Gasteiger partial charge is 0.308 e. The SMILES string of the molecule is CC(CNC(=O)c1c(F)cc(F)cc1F)C(=O)O. The van der Waals surface area contributed by atoms with Crippen molar-refractivity contribution >= 4 is 11.9 Å². The second kappa shape index (κ2) is 5.52. The number of rotatable bonds is 4. The maximum atomic E-state index is 13.2. The van der Waals surface area contributed by atoms with Gasteiger partial charge in [-0.3, -0.25) is 9.59 Å². The minimum atomic E-state index is -1.34. The molecule has 1 amide bonds. The summed E-state index contributed by atoms with van der Waals surface area (Å²) >= 11 is 0. The zero-order chi connectivity index (χ0) is 13.9. The number of nitrogens with one attached hydrogen (secondary N) is 1. The van der Waals surface area contributed by atoms with Crippen molar-refractivity contribution in [2.45, 2.75) is 6.92 Å². The Balaban J connectivity index is 2.82. The average molecular weight is 261 g/mol. The van der Waals surface area contributed by atoms with Crippen LogP contribution in [0.2, 0.25) is 0 Å². The first-order valence-electron chi connectivity index (χ1n) is 4.98. The fourth-order valence-electron chi connectivity index (χ4n) is 1.18. The first-order valence-corrected chi connectivity index (χ1v) is 4.98. The van der Waals surface area contributed by atoms with Crippen molar-refractivity contribution in [3.8, 4) is 0 Å². The van der Waals surface area contributed by atoms with Crippen LogP contribution in [0.3, 0.4) is 0 Å². The van der Waals surface area contributed by atoms with E-state index in [2.05, 4.69) is 5.32 Å². The van der Waals surface area contributed by atoms with Gasteiger partial charge in [-0.25, -0.2) is 13.2 Å². The summed E-state index contributed by atoms with van der Waals surface area (Å²) in [5, 5.41) is 10.6. The van der Waals surface area contributed by atoms with E-state index in [0.29, 0.717) is 12.1 Å². The number of amides is 1. The molecule has 0 fully saturated rings. The molecule has 0 aliphatic carbocycles. The molecule has 1 aromatic carbocycles. The van der Waals surface area contributed by atoms with Gasteiger partial charge in [-0.2, -0.15) is 0 Å². The monoisotopic (exact) mass is 261 g/mol. The molecule has 0 heterocycles. The third-order valence-corrected chi connectivity index (χ3v) is 2.22. The molecular weight excluding hydrogens is 251 g/mol. The van der Waals surface area contributed by atoms with Crippen LogP contribution in [-0.2, 0) is 4.79 Å². The van der Waals surface area contributed by atoms with Gasteiger partial charge in [-0.15, -0.1) is 0 Å². The molecule has 0 aromatic heterocycles. The molecule has 98 valence electrons. The number of hydrogen-bond acceptors (Lipinski definition) is 2. The standard InChI is InChI=1S/C11H10F3NO3/c1-5(11(17)18)4-15-10(16)9-7(13)2-6(12)3-8(9)14/h2-3,5H,4H2,1H3,(H,15,16)(H,17,18). The molecule has 2 N–H and O–H groups in total. The summed E-state index contributed by atoms with van der Waals surface area (Å²) in [4.78, 5) is 21.9. The molecule has 7 heteroatoms. The highest BCUT2D eigenvalue weighted by atomic mass is 19.1. The first-order chi connectivity index (χ1) is 8.32. The maximum Gasteiger partial charge on any atom is 0.308 e. The minimum absolute atomic E-state index is 0.287. The Morgan fingerprint density at radius 3 is 2.22 bits per heavy atom. The Hall–Kier alpha value is -2.05. The summed E-state index contributed by atoms with van der Waals surface area (Å²) in [7, 11) is 0. The third kappa shape index (κ3) is 3.22. The Morgan fingerprint density at radius 2 is 1.78 bits per heavy atom. The van der Waals surface area contributed by atoms with E-state index in [1.165, 1.54) is 6.92 Å². The van der Waals surface area contributed by atoms with Gasteiger partial charge in [-0.05, 0) is 0 Å². The quantitative estimate of drug-likeness (QED) is 0.864. The fraction of sp³-hybridized carbons (Fsp3) is 0.273. The van der Waals surface area contributed by atoms with Crippen LogP contribution in [0.5, 0.6) is 0 Å². The Labute approximate surface area is 100 Å². The normalized spacial score (nSPS) is 12.0. The Kier molecular flexibility index (Phi) is 4.30. The van der Waals surface area contributed by atoms with E-state index in [9.17, 15) is 22.8 Å². The van der Waals surface area contributed by atoms with Crippen molar-refractivity contribution in [2.24, 2.45) is 5.92 Å². The van der Waals surface area contributed by atoms with Gasteiger partial charge in [0.25, 0.3) is 5.91 Å². The van der Waals surface area contributed by atoms with E-state index in [1.807, 2.05) is 0 Å². The molecule has 0 saturated carbocycles. The topological polar surface area (TPSA) is 66.4 Å². The van der Waals surface area contributed by atoms with Crippen LogP contribution < -0.4 is 5.32 Å². The molecule has 4 nitrogen and oxygen atoms in total. The van der Waals surface area contributed by atoms with Gasteiger partial charge in [0.2, 0.25) is 0 Å². The highest BCUT2D eigenvalue weighted by Crippen LogP contribution is 2.14. The van der Waals surface area contributed by atoms with Crippen molar-refractivity contribution in [2.75, 3.05) is 6.54 Å². The molecule has 1 atom stereocenters. The lowest BCUT2D eigenvalue weighted by Crippen LogP contribution is -2.32. The summed E-state index contributed by atoms with van der Waals surface area (Å²) < 4.78 is 39.0. The number of carbonyl (C=O) groups excluding carboxylic acids is 1. The van der Waals surface area contributed by atoms with Gasteiger partial charge in [0.1, 0.15) is 23.0 Å². The zero-order valence-corrected chi connectivity index (χ0v) is 9.34. The van der Waals surface area contributed by atoms with E-state index in [-0.39, 0.29) is 6.54 Å². The van der Waals surface area contributed by atoms with Gasteiger partial charge < -0.3 is 10.4 Å². The molecule has 0 radical (unpaired) electrons. The minimum Gasteiger partial charge on any atom is -0.481 e. The number of carboxylic acid groups (broad SMARTS) is 1. The van der Waals surface area contributed by atoms with E-state index in [1.54, 1.807) is 0 Å². The molecule has 1 aromatic rings. The lowest BCUT2D eigenvalue weighted by molar-refractivity contribution is -0.140. The van der Waals surface area contributed by atoms with Gasteiger partial charge in [0.05, 0.1) is 5.92 Å². The fourth-order valence-corrected chi connectivity index (χ4v) is 1.18. The molecule has 0 aliphatic rings. The van der Waals surface area contributed by atoms with Crippen LogP contribution in [0.4, 0.5) is 13.2 Å². The van der Waals surface area contributed by atoms with Crippen molar-refractivity contribution in [3.05, 3.63) is 35.1 Å². The maximum absolute atomic E-state index is 13.2. The lowest BCUT2D eigenvalue weighted by Gasteiger charge is -2.09. The van der Waals surface area contributed by atoms with Crippen molar-refractivity contribution in [3.63, 3.8) is 0 Å². The summed E-state index contributed by atoms with van der Waals surface area (Å²) in [5.41, 5.74) is -0.936. The molecular formula is C11H10F3NO3.